The van der Waals surface area contributed by atoms with E-state index in [1.54, 1.807) is 6.08 Å². The second kappa shape index (κ2) is 5.37. The minimum atomic E-state index is -2.98. The lowest BCUT2D eigenvalue weighted by Gasteiger charge is -2.07. The van der Waals surface area contributed by atoms with E-state index in [2.05, 4.69) is 5.32 Å². The number of rotatable bonds is 3. The van der Waals surface area contributed by atoms with E-state index in [-0.39, 0.29) is 23.5 Å². The smallest absolute Gasteiger partial charge is 0.244 e. The van der Waals surface area contributed by atoms with Crippen LogP contribution in [0.3, 0.4) is 0 Å². The van der Waals surface area contributed by atoms with Gasteiger partial charge in [0.1, 0.15) is 11.3 Å². The highest BCUT2D eigenvalue weighted by Crippen LogP contribution is 2.19. The molecule has 1 N–H and O–H groups in total. The molecule has 5 nitrogen and oxygen atoms in total. The standard InChI is InChI=1S/C15H15NO4S/c17-15(16-12-7-8-21(18,19)10-12)6-5-13-9-11-3-1-2-4-14(11)20-13/h1-6,9,12H,7-8,10H2,(H,16,17)/b6-5-/t12-/m0/s1. The highest BCUT2D eigenvalue weighted by atomic mass is 32.2. The zero-order valence-corrected chi connectivity index (χ0v) is 12.1. The lowest BCUT2D eigenvalue weighted by atomic mass is 10.2. The maximum absolute atomic E-state index is 11.8. The Hall–Kier alpha value is -2.08. The van der Waals surface area contributed by atoms with Crippen molar-refractivity contribution in [3.63, 3.8) is 0 Å². The number of nitrogens with one attached hydrogen (secondary N) is 1. The van der Waals surface area contributed by atoms with E-state index in [0.717, 1.165) is 11.0 Å². The maximum atomic E-state index is 11.8. The molecule has 1 aliphatic heterocycles. The van der Waals surface area contributed by atoms with Gasteiger partial charge in [-0.1, -0.05) is 18.2 Å². The number of hydrogen-bond donors (Lipinski definition) is 1. The van der Waals surface area contributed by atoms with E-state index >= 15 is 0 Å². The van der Waals surface area contributed by atoms with Crippen molar-refractivity contribution >= 4 is 32.8 Å². The summed E-state index contributed by atoms with van der Waals surface area (Å²) < 4.78 is 28.2. The van der Waals surface area contributed by atoms with Gasteiger partial charge in [0.25, 0.3) is 0 Å². The molecule has 110 valence electrons. The molecule has 0 radical (unpaired) electrons. The first-order valence-corrected chi connectivity index (χ1v) is 8.51. The first kappa shape index (κ1) is 13.9. The largest absolute Gasteiger partial charge is 0.457 e. The molecule has 1 atom stereocenters. The lowest BCUT2D eigenvalue weighted by molar-refractivity contribution is -0.116. The average Bonchev–Trinajstić information content (AvgIpc) is 2.99. The summed E-state index contributed by atoms with van der Waals surface area (Å²) in [7, 11) is -2.98. The fourth-order valence-corrected chi connectivity index (χ4v) is 4.07. The molecular formula is C15H15NO4S. The Labute approximate surface area is 122 Å². The summed E-state index contributed by atoms with van der Waals surface area (Å²) in [5.74, 6) is 0.450. The molecule has 1 amide bonds. The SMILES string of the molecule is O=C(/C=C\c1cc2ccccc2o1)N[C@H]1CCS(=O)(=O)C1. The Kier molecular flexibility index (Phi) is 3.55. The van der Waals surface area contributed by atoms with Crippen LogP contribution < -0.4 is 5.32 Å². The molecule has 21 heavy (non-hydrogen) atoms. The number of hydrogen-bond acceptors (Lipinski definition) is 4. The predicted molar refractivity (Wildman–Crippen MR) is 80.4 cm³/mol. The normalized spacial score (nSPS) is 21.0. The molecule has 1 fully saturated rings. The Bertz CT molecular complexity index is 771. The van der Waals surface area contributed by atoms with Crippen LogP contribution in [-0.4, -0.2) is 31.9 Å². The van der Waals surface area contributed by atoms with Crippen LogP contribution in [0.25, 0.3) is 17.0 Å². The van der Waals surface area contributed by atoms with Crippen molar-refractivity contribution in [1.82, 2.24) is 5.32 Å². The van der Waals surface area contributed by atoms with Gasteiger partial charge in [0.15, 0.2) is 9.84 Å². The van der Waals surface area contributed by atoms with Gasteiger partial charge >= 0.3 is 0 Å². The molecule has 0 unspecified atom stereocenters. The van der Waals surface area contributed by atoms with E-state index < -0.39 is 9.84 Å². The van der Waals surface area contributed by atoms with Gasteiger partial charge in [-0.2, -0.15) is 0 Å². The number of para-hydroxylation sites is 1. The molecule has 1 aliphatic rings. The molecule has 0 spiro atoms. The predicted octanol–water partition coefficient (Wildman–Crippen LogP) is 1.75. The number of sulfone groups is 1. The van der Waals surface area contributed by atoms with E-state index in [0.29, 0.717) is 12.2 Å². The highest BCUT2D eigenvalue weighted by molar-refractivity contribution is 7.91. The average molecular weight is 305 g/mol. The van der Waals surface area contributed by atoms with Crippen molar-refractivity contribution in [1.29, 1.82) is 0 Å². The first-order valence-electron chi connectivity index (χ1n) is 6.69. The zero-order chi connectivity index (χ0) is 14.9. The van der Waals surface area contributed by atoms with Crippen LogP contribution in [0.2, 0.25) is 0 Å². The van der Waals surface area contributed by atoms with Crippen LogP contribution in [0.5, 0.6) is 0 Å². The number of furan rings is 1. The Morgan fingerprint density at radius 2 is 2.14 bits per heavy atom. The van der Waals surface area contributed by atoms with Gasteiger partial charge in [0.2, 0.25) is 5.91 Å². The van der Waals surface area contributed by atoms with Gasteiger partial charge in [0.05, 0.1) is 11.5 Å². The van der Waals surface area contributed by atoms with E-state index in [1.165, 1.54) is 6.08 Å². The molecule has 0 saturated carbocycles. The molecule has 0 bridgehead atoms. The second-order valence-electron chi connectivity index (χ2n) is 5.13. The Morgan fingerprint density at radius 3 is 2.86 bits per heavy atom. The van der Waals surface area contributed by atoms with Crippen molar-refractivity contribution in [2.45, 2.75) is 12.5 Å². The topological polar surface area (TPSA) is 76.4 Å². The van der Waals surface area contributed by atoms with Crippen LogP contribution >= 0.6 is 0 Å². The summed E-state index contributed by atoms with van der Waals surface area (Å²) in [5.41, 5.74) is 0.763. The minimum Gasteiger partial charge on any atom is -0.457 e. The number of fused-ring (bicyclic) bond motifs is 1. The van der Waals surface area contributed by atoms with Crippen LogP contribution in [0, 0.1) is 0 Å². The highest BCUT2D eigenvalue weighted by Gasteiger charge is 2.28. The lowest BCUT2D eigenvalue weighted by Crippen LogP contribution is -2.34. The van der Waals surface area contributed by atoms with Crippen LogP contribution in [0.15, 0.2) is 40.8 Å². The second-order valence-corrected chi connectivity index (χ2v) is 7.36. The van der Waals surface area contributed by atoms with E-state index in [9.17, 15) is 13.2 Å². The monoisotopic (exact) mass is 305 g/mol. The molecule has 1 aromatic carbocycles. The summed E-state index contributed by atoms with van der Waals surface area (Å²) >= 11 is 0. The van der Waals surface area contributed by atoms with Crippen molar-refractivity contribution < 1.29 is 17.6 Å². The Balaban J connectivity index is 1.64. The summed E-state index contributed by atoms with van der Waals surface area (Å²) in [5, 5.41) is 3.66. The van der Waals surface area contributed by atoms with Gasteiger partial charge in [-0.3, -0.25) is 4.79 Å². The van der Waals surface area contributed by atoms with Crippen molar-refractivity contribution in [3.8, 4) is 0 Å². The van der Waals surface area contributed by atoms with Gasteiger partial charge in [-0.15, -0.1) is 0 Å². The summed E-state index contributed by atoms with van der Waals surface area (Å²) in [6.07, 6.45) is 3.42. The molecule has 0 aliphatic carbocycles. The van der Waals surface area contributed by atoms with Crippen LogP contribution in [-0.2, 0) is 14.6 Å². The Morgan fingerprint density at radius 1 is 1.33 bits per heavy atom. The van der Waals surface area contributed by atoms with Gasteiger partial charge in [0, 0.05) is 17.5 Å². The first-order chi connectivity index (χ1) is 10.0. The van der Waals surface area contributed by atoms with E-state index in [1.807, 2.05) is 30.3 Å². The summed E-state index contributed by atoms with van der Waals surface area (Å²) in [6, 6.07) is 9.14. The third-order valence-corrected chi connectivity index (χ3v) is 5.19. The zero-order valence-electron chi connectivity index (χ0n) is 11.3. The number of carbonyl (C=O) groups excluding carboxylic acids is 1. The number of benzene rings is 1. The van der Waals surface area contributed by atoms with Crippen LogP contribution in [0.4, 0.5) is 0 Å². The van der Waals surface area contributed by atoms with Crippen molar-refractivity contribution in [3.05, 3.63) is 42.2 Å². The minimum absolute atomic E-state index is 0.0250. The van der Waals surface area contributed by atoms with Gasteiger partial charge < -0.3 is 9.73 Å². The van der Waals surface area contributed by atoms with Crippen molar-refractivity contribution in [2.24, 2.45) is 0 Å². The molecule has 2 heterocycles. The maximum Gasteiger partial charge on any atom is 0.244 e. The van der Waals surface area contributed by atoms with Gasteiger partial charge in [-0.05, 0) is 24.6 Å². The fraction of sp³-hybridized carbons (Fsp3) is 0.267. The molecule has 1 aromatic heterocycles. The van der Waals surface area contributed by atoms with Gasteiger partial charge in [-0.25, -0.2) is 8.42 Å². The quantitative estimate of drug-likeness (QED) is 0.877. The summed E-state index contributed by atoms with van der Waals surface area (Å²) in [6.45, 7) is 0. The third-order valence-electron chi connectivity index (χ3n) is 3.42. The third kappa shape index (κ3) is 3.33. The molecule has 6 heteroatoms. The van der Waals surface area contributed by atoms with E-state index in [4.69, 9.17) is 4.42 Å². The molecule has 2 aromatic rings. The molecule has 1 saturated heterocycles. The fourth-order valence-electron chi connectivity index (χ4n) is 2.40. The number of carbonyl (C=O) groups is 1. The number of amides is 1. The van der Waals surface area contributed by atoms with Crippen LogP contribution in [0.1, 0.15) is 12.2 Å². The molecule has 3 rings (SSSR count). The molecular weight excluding hydrogens is 290 g/mol. The van der Waals surface area contributed by atoms with Crippen molar-refractivity contribution in [2.75, 3.05) is 11.5 Å². The summed E-state index contributed by atoms with van der Waals surface area (Å²) in [4.78, 5) is 11.8.